The summed E-state index contributed by atoms with van der Waals surface area (Å²) in [5, 5.41) is 15.9. The number of hydrogen-bond donors (Lipinski definition) is 4. The van der Waals surface area contributed by atoms with Crippen molar-refractivity contribution < 1.29 is 24.3 Å². The molecule has 0 radical (unpaired) electrons. The van der Waals surface area contributed by atoms with Gasteiger partial charge in [-0.15, -0.1) is 0 Å². The molecule has 0 fully saturated rings. The average Bonchev–Trinajstić information content (AvgIpc) is 3.41. The molecule has 5 rings (SSSR count). The van der Waals surface area contributed by atoms with Gasteiger partial charge in [0.1, 0.15) is 18.1 Å². The molecule has 0 saturated carbocycles. The maximum atomic E-state index is 13.9. The van der Waals surface area contributed by atoms with Gasteiger partial charge in [-0.3, -0.25) is 14.4 Å². The van der Waals surface area contributed by atoms with Gasteiger partial charge in [0.25, 0.3) is 5.91 Å². The molecule has 0 bridgehead atoms. The predicted octanol–water partition coefficient (Wildman–Crippen LogP) is 2.71. The maximum absolute atomic E-state index is 13.9. The summed E-state index contributed by atoms with van der Waals surface area (Å²) in [6, 6.07) is 11.9. The molecular weight excluding hydrogens is 504 g/mol. The number of carboxylic acid groups (broad SMARTS) is 1. The quantitative estimate of drug-likeness (QED) is 0.352. The lowest BCUT2D eigenvalue weighted by Crippen LogP contribution is -2.59. The standard InChI is InChI=1S/C28H30N4O5S/c1-14(2)22(26(34)30-20(13-38-3)28(36)37)31-25(33)21-12-18-15-8-6-7-11-19(15)29-23(18)24-16-9-4-5-10-17(16)27(35)32(21)24/h4-11,14,20-22,24,29H,12-13H2,1-3H3,(H,30,34)(H,31,33)(H,36,37). The molecule has 2 aliphatic heterocycles. The second-order valence-corrected chi connectivity index (χ2v) is 11.0. The van der Waals surface area contributed by atoms with Crippen LogP contribution in [0.3, 0.4) is 0 Å². The first-order valence-corrected chi connectivity index (χ1v) is 14.0. The number of carboxylic acids is 1. The van der Waals surface area contributed by atoms with E-state index >= 15 is 0 Å². The number of amides is 3. The highest BCUT2D eigenvalue weighted by molar-refractivity contribution is 7.98. The van der Waals surface area contributed by atoms with Crippen LogP contribution in [0.4, 0.5) is 0 Å². The van der Waals surface area contributed by atoms with Gasteiger partial charge < -0.3 is 25.6 Å². The van der Waals surface area contributed by atoms with Crippen molar-refractivity contribution in [3.05, 3.63) is 70.9 Å². The summed E-state index contributed by atoms with van der Waals surface area (Å²) in [6.07, 6.45) is 2.05. The summed E-state index contributed by atoms with van der Waals surface area (Å²) in [4.78, 5) is 57.3. The fourth-order valence-corrected chi connectivity index (χ4v) is 6.08. The van der Waals surface area contributed by atoms with Crippen LogP contribution in [0.25, 0.3) is 10.9 Å². The van der Waals surface area contributed by atoms with E-state index in [0.29, 0.717) is 5.56 Å². The van der Waals surface area contributed by atoms with Crippen LogP contribution in [-0.4, -0.2) is 68.8 Å². The number of rotatable bonds is 8. The van der Waals surface area contributed by atoms with Crippen LogP contribution < -0.4 is 10.6 Å². The SMILES string of the molecule is CSCC(NC(=O)C(NC(=O)C1Cc2c([nH]c3ccccc23)C2c3ccccc3C(=O)N12)C(C)C)C(=O)O. The Hall–Kier alpha value is -3.79. The number of carbonyl (C=O) groups excluding carboxylic acids is 3. The van der Waals surface area contributed by atoms with Crippen LogP contribution in [0.2, 0.25) is 0 Å². The molecule has 10 heteroatoms. The molecule has 2 aliphatic rings. The number of nitrogens with one attached hydrogen (secondary N) is 3. The van der Waals surface area contributed by atoms with Gasteiger partial charge >= 0.3 is 5.97 Å². The van der Waals surface area contributed by atoms with Crippen molar-refractivity contribution in [3.63, 3.8) is 0 Å². The Balaban J connectivity index is 1.49. The summed E-state index contributed by atoms with van der Waals surface area (Å²) in [6.45, 7) is 3.57. The van der Waals surface area contributed by atoms with Crippen LogP contribution in [-0.2, 0) is 20.8 Å². The smallest absolute Gasteiger partial charge is 0.327 e. The molecule has 1 aromatic heterocycles. The van der Waals surface area contributed by atoms with Crippen molar-refractivity contribution >= 4 is 46.4 Å². The Morgan fingerprint density at radius 1 is 1.11 bits per heavy atom. The molecule has 3 aromatic rings. The highest BCUT2D eigenvalue weighted by Crippen LogP contribution is 2.46. The minimum absolute atomic E-state index is 0.202. The number of fused-ring (bicyclic) bond motifs is 7. The van der Waals surface area contributed by atoms with Gasteiger partial charge in [0, 0.05) is 34.3 Å². The number of carbonyl (C=O) groups is 4. The maximum Gasteiger partial charge on any atom is 0.327 e. The number of para-hydroxylation sites is 1. The summed E-state index contributed by atoms with van der Waals surface area (Å²) in [7, 11) is 0. The van der Waals surface area contributed by atoms with Gasteiger partial charge in [0.05, 0.1) is 6.04 Å². The van der Waals surface area contributed by atoms with Gasteiger partial charge in [0.2, 0.25) is 11.8 Å². The van der Waals surface area contributed by atoms with Gasteiger partial charge in [-0.05, 0) is 35.4 Å². The molecule has 0 saturated heterocycles. The first kappa shape index (κ1) is 25.8. The van der Waals surface area contributed by atoms with Crippen molar-refractivity contribution in [2.24, 2.45) is 5.92 Å². The molecular formula is C28H30N4O5S. The van der Waals surface area contributed by atoms with E-state index in [0.717, 1.165) is 27.7 Å². The van der Waals surface area contributed by atoms with Crippen LogP contribution in [0.15, 0.2) is 48.5 Å². The Bertz CT molecular complexity index is 1430. The molecule has 38 heavy (non-hydrogen) atoms. The van der Waals surface area contributed by atoms with Crippen molar-refractivity contribution in [2.45, 2.75) is 44.4 Å². The summed E-state index contributed by atoms with van der Waals surface area (Å²) < 4.78 is 0. The van der Waals surface area contributed by atoms with E-state index in [1.54, 1.807) is 31.1 Å². The van der Waals surface area contributed by atoms with Gasteiger partial charge in [-0.25, -0.2) is 4.79 Å². The number of thioether (sulfide) groups is 1. The minimum atomic E-state index is -1.14. The first-order chi connectivity index (χ1) is 18.2. The molecule has 4 unspecified atom stereocenters. The number of H-pyrrole nitrogens is 1. The summed E-state index contributed by atoms with van der Waals surface area (Å²) in [5.41, 5.74) is 4.20. The number of benzene rings is 2. The highest BCUT2D eigenvalue weighted by atomic mass is 32.2. The largest absolute Gasteiger partial charge is 0.480 e. The molecule has 3 amide bonds. The molecule has 0 aliphatic carbocycles. The van der Waals surface area contributed by atoms with Crippen LogP contribution in [0, 0.1) is 5.92 Å². The van der Waals surface area contributed by atoms with Crippen molar-refractivity contribution in [1.82, 2.24) is 20.5 Å². The Labute approximate surface area is 224 Å². The number of hydrogen-bond acceptors (Lipinski definition) is 5. The molecule has 4 atom stereocenters. The van der Waals surface area contributed by atoms with Crippen LogP contribution in [0.1, 0.15) is 47.1 Å². The average molecular weight is 535 g/mol. The van der Waals surface area contributed by atoms with E-state index in [-0.39, 0.29) is 24.0 Å². The monoisotopic (exact) mass is 534 g/mol. The lowest BCUT2D eigenvalue weighted by molar-refractivity contribution is -0.142. The Morgan fingerprint density at radius 3 is 2.53 bits per heavy atom. The summed E-state index contributed by atoms with van der Waals surface area (Å²) in [5.74, 6) is -2.48. The van der Waals surface area contributed by atoms with E-state index < -0.39 is 42.0 Å². The van der Waals surface area contributed by atoms with Gasteiger partial charge in [0.15, 0.2) is 0 Å². The second-order valence-electron chi connectivity index (χ2n) is 10.1. The predicted molar refractivity (Wildman–Crippen MR) is 145 cm³/mol. The molecule has 4 N–H and O–H groups in total. The normalized spacial score (nSPS) is 19.5. The fourth-order valence-electron chi connectivity index (χ4n) is 5.52. The second kappa shape index (κ2) is 10.2. The van der Waals surface area contributed by atoms with E-state index in [4.69, 9.17) is 0 Å². The molecule has 2 aromatic carbocycles. The Morgan fingerprint density at radius 2 is 1.82 bits per heavy atom. The van der Waals surface area contributed by atoms with Gasteiger partial charge in [-0.1, -0.05) is 50.2 Å². The van der Waals surface area contributed by atoms with E-state index in [9.17, 15) is 24.3 Å². The van der Waals surface area contributed by atoms with Crippen molar-refractivity contribution in [3.8, 4) is 0 Å². The van der Waals surface area contributed by atoms with Crippen molar-refractivity contribution in [1.29, 1.82) is 0 Å². The zero-order valence-corrected chi connectivity index (χ0v) is 22.2. The molecule has 3 heterocycles. The molecule has 198 valence electrons. The molecule has 9 nitrogen and oxygen atoms in total. The van der Waals surface area contributed by atoms with Gasteiger partial charge in [-0.2, -0.15) is 11.8 Å². The number of aliphatic carboxylic acids is 1. The van der Waals surface area contributed by atoms with E-state index in [1.165, 1.54) is 11.8 Å². The number of aromatic nitrogens is 1. The van der Waals surface area contributed by atoms with Crippen LogP contribution >= 0.6 is 11.8 Å². The third kappa shape index (κ3) is 4.32. The van der Waals surface area contributed by atoms with E-state index in [2.05, 4.69) is 15.6 Å². The number of nitrogens with zero attached hydrogens (tertiary/aromatic N) is 1. The third-order valence-electron chi connectivity index (χ3n) is 7.35. The third-order valence-corrected chi connectivity index (χ3v) is 8.02. The van der Waals surface area contributed by atoms with Crippen molar-refractivity contribution in [2.75, 3.05) is 12.0 Å². The van der Waals surface area contributed by atoms with E-state index in [1.807, 2.05) is 42.5 Å². The molecule has 0 spiro atoms. The topological polar surface area (TPSA) is 132 Å². The first-order valence-electron chi connectivity index (χ1n) is 12.6. The zero-order chi connectivity index (χ0) is 27.1. The minimum Gasteiger partial charge on any atom is -0.480 e. The highest BCUT2D eigenvalue weighted by Gasteiger charge is 2.49. The lowest BCUT2D eigenvalue weighted by Gasteiger charge is -2.38. The fraction of sp³-hybridized carbons (Fsp3) is 0.357. The lowest BCUT2D eigenvalue weighted by atomic mass is 9.89. The zero-order valence-electron chi connectivity index (χ0n) is 21.4. The van der Waals surface area contributed by atoms with Crippen LogP contribution in [0.5, 0.6) is 0 Å². The summed E-state index contributed by atoms with van der Waals surface area (Å²) >= 11 is 1.31. The Kier molecular flexibility index (Phi) is 6.92. The number of aromatic amines is 1.